The molecule has 2 amide bonds. The number of amides is 2. The molecule has 0 bridgehead atoms. The summed E-state index contributed by atoms with van der Waals surface area (Å²) in [7, 11) is 0. The minimum Gasteiger partial charge on any atom is -0.337 e. The Morgan fingerprint density at radius 3 is 2.65 bits per heavy atom. The lowest BCUT2D eigenvalue weighted by Crippen LogP contribution is -2.39. The fourth-order valence-corrected chi connectivity index (χ4v) is 4.14. The summed E-state index contributed by atoms with van der Waals surface area (Å²) in [5.74, 6) is -0.0614. The van der Waals surface area contributed by atoms with Crippen molar-refractivity contribution in [2.45, 2.75) is 32.5 Å². The quantitative estimate of drug-likeness (QED) is 0.528. The first-order valence-corrected chi connectivity index (χ1v) is 10.4. The molecule has 9 nitrogen and oxygen atoms in total. The zero-order valence-corrected chi connectivity index (χ0v) is 18.3. The van der Waals surface area contributed by atoms with Crippen molar-refractivity contribution in [3.8, 4) is 11.4 Å². The number of benzene rings is 2. The van der Waals surface area contributed by atoms with E-state index >= 15 is 0 Å². The maximum absolute atomic E-state index is 13.1. The number of anilines is 1. The number of fused-ring (bicyclic) bond motifs is 1. The lowest BCUT2D eigenvalue weighted by Gasteiger charge is -2.19. The van der Waals surface area contributed by atoms with Crippen LogP contribution in [0.1, 0.15) is 17.0 Å². The van der Waals surface area contributed by atoms with Gasteiger partial charge in [-0.25, -0.2) is 4.90 Å². The summed E-state index contributed by atoms with van der Waals surface area (Å²) in [6.45, 7) is 3.99. The number of carbonyl (C=O) groups is 2. The van der Waals surface area contributed by atoms with Gasteiger partial charge in [-0.2, -0.15) is 10.1 Å². The fourth-order valence-electron chi connectivity index (χ4n) is 3.68. The van der Waals surface area contributed by atoms with E-state index in [0.29, 0.717) is 11.5 Å². The molecule has 10 heteroatoms. The second kappa shape index (κ2) is 7.38. The monoisotopic (exact) mass is 480 g/mol. The highest BCUT2D eigenvalue weighted by Crippen LogP contribution is 2.33. The summed E-state index contributed by atoms with van der Waals surface area (Å²) < 4.78 is 6.19. The van der Waals surface area contributed by atoms with Gasteiger partial charge in [-0.15, -0.1) is 0 Å². The van der Waals surface area contributed by atoms with Gasteiger partial charge in [0.15, 0.2) is 12.1 Å². The van der Waals surface area contributed by atoms with Crippen LogP contribution < -0.4 is 4.90 Å². The molecule has 2 aromatic carbocycles. The number of hydrogen-bond acceptors (Lipinski definition) is 8. The summed E-state index contributed by atoms with van der Waals surface area (Å²) in [5.41, 5.74) is 3.41. The van der Waals surface area contributed by atoms with Crippen molar-refractivity contribution < 1.29 is 14.1 Å². The van der Waals surface area contributed by atoms with E-state index in [2.05, 4.69) is 36.4 Å². The molecule has 0 aliphatic carbocycles. The van der Waals surface area contributed by atoms with Crippen LogP contribution in [-0.2, 0) is 16.1 Å². The van der Waals surface area contributed by atoms with Crippen molar-refractivity contribution in [2.75, 3.05) is 4.90 Å². The molecular weight excluding hydrogens is 464 g/mol. The predicted molar refractivity (Wildman–Crippen MR) is 114 cm³/mol. The van der Waals surface area contributed by atoms with Crippen molar-refractivity contribution in [2.24, 2.45) is 10.3 Å². The van der Waals surface area contributed by atoms with Crippen molar-refractivity contribution >= 4 is 33.4 Å². The second-order valence-corrected chi connectivity index (χ2v) is 8.32. The lowest BCUT2D eigenvalue weighted by molar-refractivity contribution is -0.123. The highest BCUT2D eigenvalue weighted by Gasteiger charge is 2.55. The predicted octanol–water partition coefficient (Wildman–Crippen LogP) is 3.61. The highest BCUT2D eigenvalue weighted by atomic mass is 79.9. The molecule has 2 aliphatic heterocycles. The Bertz CT molecular complexity index is 1240. The number of aromatic nitrogens is 2. The Morgan fingerprint density at radius 2 is 1.87 bits per heavy atom. The summed E-state index contributed by atoms with van der Waals surface area (Å²) in [5, 5.41) is 13.5. The number of nitrogens with zero attached hydrogens (tertiary/aromatic N) is 6. The SMILES string of the molecule is Cc1ccc(N2C(=O)[C@@H]3N=NN(Cc4nc(-c5ccccc5Br)no4)[C@H]3C2=O)cc1C. The van der Waals surface area contributed by atoms with E-state index in [0.717, 1.165) is 21.2 Å². The zero-order chi connectivity index (χ0) is 21.7. The van der Waals surface area contributed by atoms with E-state index in [-0.39, 0.29) is 24.2 Å². The van der Waals surface area contributed by atoms with E-state index in [4.69, 9.17) is 4.52 Å². The van der Waals surface area contributed by atoms with Crippen LogP contribution in [0.3, 0.4) is 0 Å². The van der Waals surface area contributed by atoms with Gasteiger partial charge in [0.25, 0.3) is 11.8 Å². The average Bonchev–Trinajstić information content (AvgIpc) is 3.43. The summed E-state index contributed by atoms with van der Waals surface area (Å²) >= 11 is 3.47. The normalized spacial score (nSPS) is 20.1. The summed E-state index contributed by atoms with van der Waals surface area (Å²) in [4.78, 5) is 31.6. The first-order chi connectivity index (χ1) is 14.9. The Kier molecular flexibility index (Phi) is 4.66. The topological polar surface area (TPSA) is 104 Å². The van der Waals surface area contributed by atoms with Gasteiger partial charge in [-0.3, -0.25) is 14.6 Å². The van der Waals surface area contributed by atoms with Crippen molar-refractivity contribution in [3.05, 3.63) is 64.0 Å². The molecule has 0 saturated carbocycles. The van der Waals surface area contributed by atoms with E-state index in [9.17, 15) is 9.59 Å². The molecule has 0 N–H and O–H groups in total. The Labute approximate surface area is 185 Å². The Hall–Kier alpha value is -3.40. The Morgan fingerprint density at radius 1 is 1.06 bits per heavy atom. The van der Waals surface area contributed by atoms with Gasteiger partial charge in [0, 0.05) is 10.0 Å². The van der Waals surface area contributed by atoms with Crippen LogP contribution in [0.2, 0.25) is 0 Å². The van der Waals surface area contributed by atoms with Crippen LogP contribution in [0.4, 0.5) is 5.69 Å². The van der Waals surface area contributed by atoms with E-state index in [1.165, 1.54) is 9.91 Å². The van der Waals surface area contributed by atoms with Crippen LogP contribution in [0, 0.1) is 13.8 Å². The van der Waals surface area contributed by atoms with E-state index in [1.807, 2.05) is 50.2 Å². The van der Waals surface area contributed by atoms with Crippen LogP contribution in [0.15, 0.2) is 61.8 Å². The van der Waals surface area contributed by atoms with Crippen molar-refractivity contribution in [1.82, 2.24) is 15.1 Å². The molecule has 3 heterocycles. The maximum Gasteiger partial charge on any atom is 0.263 e. The van der Waals surface area contributed by atoms with Gasteiger partial charge < -0.3 is 4.52 Å². The van der Waals surface area contributed by atoms with Crippen molar-refractivity contribution in [1.29, 1.82) is 0 Å². The van der Waals surface area contributed by atoms with Crippen LogP contribution in [-0.4, -0.2) is 39.0 Å². The molecule has 0 spiro atoms. The average molecular weight is 481 g/mol. The number of imide groups is 1. The molecule has 31 heavy (non-hydrogen) atoms. The molecule has 1 aromatic heterocycles. The van der Waals surface area contributed by atoms with Gasteiger partial charge >= 0.3 is 0 Å². The van der Waals surface area contributed by atoms with Gasteiger partial charge in [-0.1, -0.05) is 44.5 Å². The molecule has 1 saturated heterocycles. The third-order valence-corrected chi connectivity index (χ3v) is 6.18. The lowest BCUT2D eigenvalue weighted by atomic mass is 10.1. The number of rotatable bonds is 4. The molecule has 2 atom stereocenters. The van der Waals surface area contributed by atoms with E-state index < -0.39 is 12.1 Å². The summed E-state index contributed by atoms with van der Waals surface area (Å²) in [6, 6.07) is 11.3. The molecular formula is C21H17BrN6O3. The standard InChI is InChI=1S/C21H17BrN6O3/c1-11-7-8-13(9-12(11)2)28-20(29)17-18(21(28)30)27(26-24-17)10-16-23-19(25-31-16)14-5-3-4-6-15(14)22/h3-9,17-18H,10H2,1-2H3/t17-,18-/m1/s1. The second-order valence-electron chi connectivity index (χ2n) is 7.46. The third-order valence-electron chi connectivity index (χ3n) is 5.49. The molecule has 1 fully saturated rings. The van der Waals surface area contributed by atoms with E-state index in [1.54, 1.807) is 6.07 Å². The smallest absolute Gasteiger partial charge is 0.263 e. The highest BCUT2D eigenvalue weighted by molar-refractivity contribution is 9.10. The first-order valence-electron chi connectivity index (χ1n) is 9.64. The van der Waals surface area contributed by atoms with Crippen LogP contribution in [0.25, 0.3) is 11.4 Å². The molecule has 2 aliphatic rings. The third kappa shape index (κ3) is 3.23. The molecule has 3 aromatic rings. The molecule has 156 valence electrons. The minimum absolute atomic E-state index is 0.0713. The van der Waals surface area contributed by atoms with Crippen LogP contribution in [0.5, 0.6) is 0 Å². The van der Waals surface area contributed by atoms with Gasteiger partial charge in [0.1, 0.15) is 6.54 Å². The minimum atomic E-state index is -0.875. The largest absolute Gasteiger partial charge is 0.337 e. The molecule has 0 unspecified atom stereocenters. The number of halogens is 1. The zero-order valence-electron chi connectivity index (χ0n) is 16.7. The molecule has 0 radical (unpaired) electrons. The van der Waals surface area contributed by atoms with Crippen molar-refractivity contribution in [3.63, 3.8) is 0 Å². The van der Waals surface area contributed by atoms with Gasteiger partial charge in [0.2, 0.25) is 11.7 Å². The van der Waals surface area contributed by atoms with Crippen LogP contribution >= 0.6 is 15.9 Å². The van der Waals surface area contributed by atoms with Gasteiger partial charge in [-0.05, 0) is 49.2 Å². The Balaban J connectivity index is 1.38. The van der Waals surface area contributed by atoms with Gasteiger partial charge in [0.05, 0.1) is 5.69 Å². The fraction of sp³-hybridized carbons (Fsp3) is 0.238. The number of hydrogen-bond donors (Lipinski definition) is 0. The molecule has 5 rings (SSSR count). The maximum atomic E-state index is 13.1. The number of carbonyl (C=O) groups excluding carboxylic acids is 2. The number of aryl methyl sites for hydroxylation is 2. The summed E-state index contributed by atoms with van der Waals surface area (Å²) in [6.07, 6.45) is 0. The first kappa shape index (κ1) is 19.6.